The highest BCUT2D eigenvalue weighted by Gasteiger charge is 2.60. The van der Waals surface area contributed by atoms with Gasteiger partial charge in [0, 0.05) is 25.0 Å². The van der Waals surface area contributed by atoms with Gasteiger partial charge in [-0.1, -0.05) is 163 Å². The van der Waals surface area contributed by atoms with Crippen LogP contribution in [0, 0.1) is 35.5 Å². The van der Waals surface area contributed by atoms with E-state index in [1.807, 2.05) is 0 Å². The number of benzene rings is 4. The van der Waals surface area contributed by atoms with Crippen LogP contribution in [0.3, 0.4) is 0 Å². The molecule has 5 nitrogen and oxygen atoms in total. The fraction of sp³-hybridized carbons (Fsp3) is 0.500. The summed E-state index contributed by atoms with van der Waals surface area (Å²) in [6.07, 6.45) is 3.29. The Labute approximate surface area is 331 Å². The fourth-order valence-corrected chi connectivity index (χ4v) is 20.8. The van der Waals surface area contributed by atoms with Gasteiger partial charge >= 0.3 is 0 Å². The molecule has 292 valence electrons. The molecule has 0 spiro atoms. The molecule has 7 heteroatoms. The highest BCUT2D eigenvalue weighted by molar-refractivity contribution is 7.00. The topological polar surface area (TPSA) is 71.5 Å². The van der Waals surface area contributed by atoms with Gasteiger partial charge in [-0.05, 0) is 80.2 Å². The van der Waals surface area contributed by atoms with E-state index in [1.54, 1.807) is 0 Å². The minimum Gasteiger partial charge on any atom is -0.407 e. The second-order valence-electron chi connectivity index (χ2n) is 19.3. The summed E-state index contributed by atoms with van der Waals surface area (Å²) < 4.78 is 21.4. The van der Waals surface area contributed by atoms with Crippen molar-refractivity contribution in [3.63, 3.8) is 0 Å². The first kappa shape index (κ1) is 39.0. The van der Waals surface area contributed by atoms with Crippen molar-refractivity contribution in [2.24, 2.45) is 35.5 Å². The number of epoxide rings is 1. The van der Waals surface area contributed by atoms with Crippen molar-refractivity contribution in [1.29, 1.82) is 0 Å². The van der Waals surface area contributed by atoms with Gasteiger partial charge in [0.1, 0.15) is 0 Å². The fourth-order valence-electron chi connectivity index (χ4n) is 11.6. The van der Waals surface area contributed by atoms with E-state index in [2.05, 4.69) is 163 Å². The van der Waals surface area contributed by atoms with Gasteiger partial charge in [0.25, 0.3) is 16.6 Å². The van der Waals surface area contributed by atoms with Crippen LogP contribution >= 0.6 is 0 Å². The van der Waals surface area contributed by atoms with Gasteiger partial charge < -0.3 is 23.8 Å². The second kappa shape index (κ2) is 15.1. The molecule has 8 rings (SSSR count). The summed E-state index contributed by atoms with van der Waals surface area (Å²) in [6, 6.07) is 43.4. The molecule has 4 aliphatic rings. The molecule has 2 N–H and O–H groups in total. The molecule has 3 aliphatic carbocycles. The minimum atomic E-state index is -2.90. The van der Waals surface area contributed by atoms with Crippen molar-refractivity contribution in [1.82, 2.24) is 0 Å². The molecule has 1 aliphatic heterocycles. The smallest absolute Gasteiger partial charge is 0.261 e. The highest BCUT2D eigenvalue weighted by Crippen LogP contribution is 2.56. The Morgan fingerprint density at radius 2 is 0.945 bits per heavy atom. The van der Waals surface area contributed by atoms with Crippen LogP contribution < -0.4 is 20.7 Å². The molecule has 4 aromatic rings. The zero-order valence-corrected chi connectivity index (χ0v) is 35.7. The maximum atomic E-state index is 12.8. The van der Waals surface area contributed by atoms with Crippen LogP contribution in [0.4, 0.5) is 0 Å². The van der Waals surface area contributed by atoms with Gasteiger partial charge in [-0.3, -0.25) is 0 Å². The number of hydrogen-bond donors (Lipinski definition) is 2. The molecule has 1 heterocycles. The maximum absolute atomic E-state index is 12.8. The molecular formula is C48H62O5Si2. The molecule has 1 saturated heterocycles. The monoisotopic (exact) mass is 774 g/mol. The van der Waals surface area contributed by atoms with E-state index in [1.165, 1.54) is 20.7 Å². The lowest BCUT2D eigenvalue weighted by Gasteiger charge is -2.55. The summed E-state index contributed by atoms with van der Waals surface area (Å²) in [5.74, 6) is 0.499. The lowest BCUT2D eigenvalue weighted by atomic mass is 9.54. The van der Waals surface area contributed by atoms with Crippen molar-refractivity contribution < 1.29 is 23.8 Å². The van der Waals surface area contributed by atoms with Gasteiger partial charge in [-0.15, -0.1) is 0 Å². The van der Waals surface area contributed by atoms with Crippen molar-refractivity contribution in [2.45, 2.75) is 102 Å². The summed E-state index contributed by atoms with van der Waals surface area (Å²) in [5, 5.41) is 29.7. The summed E-state index contributed by atoms with van der Waals surface area (Å²) in [6.45, 7) is 14.9. The van der Waals surface area contributed by atoms with Gasteiger partial charge in [0.2, 0.25) is 0 Å². The Bertz CT molecular complexity index is 1780. The van der Waals surface area contributed by atoms with Crippen LogP contribution in [0.2, 0.25) is 10.1 Å². The molecule has 4 aromatic carbocycles. The van der Waals surface area contributed by atoms with Crippen LogP contribution in [-0.4, -0.2) is 64.5 Å². The van der Waals surface area contributed by atoms with Crippen LogP contribution in [0.1, 0.15) is 67.2 Å². The van der Waals surface area contributed by atoms with E-state index in [-0.39, 0.29) is 45.8 Å². The molecule has 0 aromatic heterocycles. The second-order valence-corrected chi connectivity index (χ2v) is 27.9. The standard InChI is InChI=1S/C48H62O5Si2/c1-47(2,3)54(36-19-11-7-12-20-36,37-21-13-8-14-22-37)51-31-35-28-34-27-33-29-42-43(53-42)30-40(33)45(49)44(34)46(50)41(35)32-52-55(48(4,5)6,38-23-15-9-16-24-38)39-25-17-10-18-26-39/h7-26,33-35,40-46,49-50H,27-32H2,1-6H3/t33-,34-,35+,40+,41+,42-,43+,44+,45-,46+/m1/s1. The Kier molecular flexibility index (Phi) is 10.7. The van der Waals surface area contributed by atoms with Crippen LogP contribution in [0.5, 0.6) is 0 Å². The van der Waals surface area contributed by atoms with Crippen molar-refractivity contribution in [3.05, 3.63) is 121 Å². The normalized spacial score (nSPS) is 30.8. The first-order chi connectivity index (χ1) is 26.3. The van der Waals surface area contributed by atoms with Crippen molar-refractivity contribution in [3.8, 4) is 0 Å². The first-order valence-electron chi connectivity index (χ1n) is 20.9. The highest BCUT2D eigenvalue weighted by atomic mass is 28.4. The predicted molar refractivity (Wildman–Crippen MR) is 227 cm³/mol. The number of fused-ring (bicyclic) bond motifs is 3. The Morgan fingerprint density at radius 1 is 0.527 bits per heavy atom. The van der Waals surface area contributed by atoms with E-state index in [9.17, 15) is 10.2 Å². The number of aliphatic hydroxyl groups is 2. The van der Waals surface area contributed by atoms with Gasteiger partial charge in [-0.2, -0.15) is 0 Å². The largest absolute Gasteiger partial charge is 0.407 e. The number of rotatable bonds is 10. The molecule has 0 amide bonds. The third-order valence-corrected chi connectivity index (χ3v) is 24.2. The molecule has 3 saturated carbocycles. The van der Waals surface area contributed by atoms with Gasteiger partial charge in [0.05, 0.1) is 24.4 Å². The maximum Gasteiger partial charge on any atom is 0.261 e. The first-order valence-corrected chi connectivity index (χ1v) is 24.7. The van der Waals surface area contributed by atoms with Crippen molar-refractivity contribution >= 4 is 37.4 Å². The van der Waals surface area contributed by atoms with E-state index in [0.717, 1.165) is 25.7 Å². The third-order valence-electron chi connectivity index (χ3n) is 14.2. The van der Waals surface area contributed by atoms with E-state index in [4.69, 9.17) is 13.6 Å². The SMILES string of the molecule is CC(C)(C)[Si](OC[C@@H]1C[C@H]2C[C@@H]3C[C@H]4O[C@H]4C[C@@H]3[C@@H](O)[C@H]2[C@@H](O)[C@H]1CO[Si](c1ccccc1)(c1ccccc1)C(C)(C)C)(c1ccccc1)c1ccccc1. The lowest BCUT2D eigenvalue weighted by molar-refractivity contribution is -0.160. The molecule has 0 unspecified atom stereocenters. The number of ether oxygens (including phenoxy) is 1. The average molecular weight is 775 g/mol. The zero-order chi connectivity index (χ0) is 38.6. The van der Waals surface area contributed by atoms with E-state index >= 15 is 0 Å². The molecule has 4 fully saturated rings. The average Bonchev–Trinajstić information content (AvgIpc) is 3.94. The lowest BCUT2D eigenvalue weighted by Crippen LogP contribution is -2.68. The summed E-state index contributed by atoms with van der Waals surface area (Å²) >= 11 is 0. The number of aliphatic hydroxyl groups excluding tert-OH is 2. The van der Waals surface area contributed by atoms with Crippen LogP contribution in [0.15, 0.2) is 121 Å². The van der Waals surface area contributed by atoms with Crippen LogP contribution in [0.25, 0.3) is 0 Å². The minimum absolute atomic E-state index is 0.0494. The van der Waals surface area contributed by atoms with Gasteiger partial charge in [0.15, 0.2) is 0 Å². The summed E-state index contributed by atoms with van der Waals surface area (Å²) in [7, 11) is -5.75. The Hall–Kier alpha value is -2.89. The van der Waals surface area contributed by atoms with Crippen molar-refractivity contribution in [2.75, 3.05) is 13.2 Å². The predicted octanol–water partition coefficient (Wildman–Crippen LogP) is 6.93. The van der Waals surface area contributed by atoms with Crippen LogP contribution in [-0.2, 0) is 13.6 Å². The quantitative estimate of drug-likeness (QED) is 0.135. The van der Waals surface area contributed by atoms with Gasteiger partial charge in [-0.25, -0.2) is 0 Å². The van der Waals surface area contributed by atoms with E-state index in [0.29, 0.717) is 25.2 Å². The van der Waals surface area contributed by atoms with E-state index < -0.39 is 28.8 Å². The molecule has 0 radical (unpaired) electrons. The molecule has 10 atom stereocenters. The number of hydrogen-bond acceptors (Lipinski definition) is 5. The summed E-state index contributed by atoms with van der Waals surface area (Å²) in [5.41, 5.74) is 0. The zero-order valence-electron chi connectivity index (χ0n) is 33.7. The Balaban J connectivity index is 1.19. The Morgan fingerprint density at radius 3 is 1.38 bits per heavy atom. The molecule has 55 heavy (non-hydrogen) atoms. The molecular weight excluding hydrogens is 713 g/mol. The third kappa shape index (κ3) is 6.96. The summed E-state index contributed by atoms with van der Waals surface area (Å²) in [4.78, 5) is 0. The molecule has 0 bridgehead atoms.